The average Bonchev–Trinajstić information content (AvgIpc) is 4.08. The summed E-state index contributed by atoms with van der Waals surface area (Å²) in [6, 6.07) is 36.5. The van der Waals surface area contributed by atoms with Crippen LogP contribution in [-0.2, 0) is 33.8 Å². The number of cyclic esters (lactones) is 2. The van der Waals surface area contributed by atoms with Gasteiger partial charge in [0.05, 0.1) is 18.8 Å². The van der Waals surface area contributed by atoms with Crippen molar-refractivity contribution in [1.82, 2.24) is 19.1 Å². The molecule has 2 unspecified atom stereocenters. The van der Waals surface area contributed by atoms with Crippen molar-refractivity contribution in [1.29, 1.82) is 0 Å². The number of para-hydroxylation sites is 2. The molecule has 72 heavy (non-hydrogen) atoms. The van der Waals surface area contributed by atoms with E-state index in [1.807, 2.05) is 56.3 Å². The number of aryl methyl sites for hydroxylation is 2. The van der Waals surface area contributed by atoms with Crippen molar-refractivity contribution in [2.45, 2.75) is 93.5 Å². The van der Waals surface area contributed by atoms with Gasteiger partial charge < -0.3 is 37.9 Å². The molecule has 6 heterocycles. The molecule has 0 amide bonds. The van der Waals surface area contributed by atoms with Gasteiger partial charge in [-0.25, -0.2) is 14.6 Å². The highest BCUT2D eigenvalue weighted by Gasteiger charge is 2.55. The van der Waals surface area contributed by atoms with Gasteiger partial charge in [-0.05, 0) is 124 Å². The van der Waals surface area contributed by atoms with Crippen molar-refractivity contribution in [2.75, 3.05) is 49.2 Å². The van der Waals surface area contributed by atoms with Gasteiger partial charge in [-0.1, -0.05) is 42.5 Å². The Kier molecular flexibility index (Phi) is 13.9. The lowest BCUT2D eigenvalue weighted by molar-refractivity contribution is 0.0230. The molecule has 372 valence electrons. The minimum atomic E-state index is -1.23. The number of aromatic nitrogens is 4. The van der Waals surface area contributed by atoms with Crippen molar-refractivity contribution >= 4 is 45.1 Å². The predicted molar refractivity (Wildman–Crippen MR) is 286 cm³/mol. The molecule has 4 aromatic carbocycles. The number of anilines is 2. The first-order valence-electron chi connectivity index (χ1n) is 25.6. The molecule has 0 saturated heterocycles. The largest absolute Gasteiger partial charge is 0.493 e. The quantitative estimate of drug-likeness (QED) is 0.0867. The number of hydrogen-bond donors (Lipinski definition) is 0. The molecule has 2 aliphatic heterocycles. The van der Waals surface area contributed by atoms with E-state index in [0.717, 1.165) is 112 Å². The van der Waals surface area contributed by atoms with Gasteiger partial charge >= 0.3 is 11.9 Å². The van der Waals surface area contributed by atoms with Gasteiger partial charge in [-0.2, -0.15) is 0 Å². The second kappa shape index (κ2) is 20.3. The van der Waals surface area contributed by atoms with E-state index in [4.69, 9.17) is 23.9 Å². The SMILES string of the molecule is CCOc1cc(N(CC)CC)ccc1C1(c2c(C)n(CC)c3ccccc23)OC(=O)c2cccnc21.CCOc1cc(N(CC)CC)ccc1C1(c2c(C)n(CC)c3ccccc23)OC(=O)c2ncccc21. The molecule has 0 N–H and O–H groups in total. The Morgan fingerprint density at radius 3 is 1.51 bits per heavy atom. The second-order valence-electron chi connectivity index (χ2n) is 18.0. The van der Waals surface area contributed by atoms with Crippen LogP contribution in [0, 0.1) is 13.8 Å². The highest BCUT2D eigenvalue weighted by Crippen LogP contribution is 2.55. The molecule has 8 aromatic rings. The van der Waals surface area contributed by atoms with Gasteiger partial charge in [0.1, 0.15) is 17.2 Å². The van der Waals surface area contributed by atoms with Crippen LogP contribution < -0.4 is 19.3 Å². The number of nitrogens with zero attached hydrogens (tertiary/aromatic N) is 6. The Balaban J connectivity index is 0.000000178. The maximum atomic E-state index is 13.4. The Morgan fingerprint density at radius 1 is 0.528 bits per heavy atom. The summed E-state index contributed by atoms with van der Waals surface area (Å²) in [5.74, 6) is 0.606. The third kappa shape index (κ3) is 7.73. The van der Waals surface area contributed by atoms with E-state index in [2.05, 4.69) is 134 Å². The second-order valence-corrected chi connectivity index (χ2v) is 18.0. The van der Waals surface area contributed by atoms with Crippen LogP contribution in [0.15, 0.2) is 122 Å². The molecule has 2 atom stereocenters. The summed E-state index contributed by atoms with van der Waals surface area (Å²) >= 11 is 0. The summed E-state index contributed by atoms with van der Waals surface area (Å²) in [5.41, 5.74) is 9.70. The minimum Gasteiger partial charge on any atom is -0.493 e. The zero-order valence-corrected chi connectivity index (χ0v) is 43.3. The molecule has 10 rings (SSSR count). The fraction of sp³-hybridized carbons (Fsp3) is 0.333. The lowest BCUT2D eigenvalue weighted by atomic mass is 9.78. The topological polar surface area (TPSA) is 113 Å². The van der Waals surface area contributed by atoms with Crippen molar-refractivity contribution in [3.05, 3.63) is 178 Å². The lowest BCUT2D eigenvalue weighted by Gasteiger charge is -2.33. The van der Waals surface area contributed by atoms with Crippen LogP contribution in [0.2, 0.25) is 0 Å². The average molecular weight is 967 g/mol. The smallest absolute Gasteiger partial charge is 0.358 e. The van der Waals surface area contributed by atoms with E-state index in [0.29, 0.717) is 41.7 Å². The molecule has 0 radical (unpaired) electrons. The van der Waals surface area contributed by atoms with Crippen LogP contribution in [0.5, 0.6) is 11.5 Å². The fourth-order valence-electron chi connectivity index (χ4n) is 11.5. The fourth-order valence-corrected chi connectivity index (χ4v) is 11.5. The van der Waals surface area contributed by atoms with Crippen molar-refractivity contribution in [3.8, 4) is 11.5 Å². The van der Waals surface area contributed by atoms with E-state index in [1.54, 1.807) is 24.5 Å². The summed E-state index contributed by atoms with van der Waals surface area (Å²) in [6.45, 7) is 27.1. The first-order chi connectivity index (χ1) is 35.0. The van der Waals surface area contributed by atoms with Crippen molar-refractivity contribution < 1.29 is 28.5 Å². The number of carbonyl (C=O) groups is 2. The molecular formula is C60H66N6O6. The summed E-state index contributed by atoms with van der Waals surface area (Å²) in [4.78, 5) is 40.5. The van der Waals surface area contributed by atoms with E-state index >= 15 is 0 Å². The van der Waals surface area contributed by atoms with Crippen LogP contribution in [-0.4, -0.2) is 70.4 Å². The predicted octanol–water partition coefficient (Wildman–Crippen LogP) is 12.1. The summed E-state index contributed by atoms with van der Waals surface area (Å²) in [6.07, 6.45) is 3.37. The molecule has 2 aliphatic rings. The molecule has 0 saturated carbocycles. The van der Waals surface area contributed by atoms with Gasteiger partial charge in [-0.15, -0.1) is 0 Å². The highest BCUT2D eigenvalue weighted by molar-refractivity contribution is 5.99. The number of esters is 2. The van der Waals surface area contributed by atoms with Crippen LogP contribution >= 0.6 is 0 Å². The molecule has 4 aromatic heterocycles. The Hall–Kier alpha value is -7.60. The number of rotatable bonds is 16. The Morgan fingerprint density at radius 2 is 1.00 bits per heavy atom. The van der Waals surface area contributed by atoms with E-state index < -0.39 is 17.2 Å². The monoisotopic (exact) mass is 967 g/mol. The van der Waals surface area contributed by atoms with E-state index in [1.165, 1.54) is 0 Å². The first-order valence-corrected chi connectivity index (χ1v) is 25.6. The highest BCUT2D eigenvalue weighted by atomic mass is 16.6. The number of pyridine rings is 2. The third-order valence-corrected chi connectivity index (χ3v) is 14.6. The summed E-state index contributed by atoms with van der Waals surface area (Å²) in [5, 5.41) is 2.09. The number of hydrogen-bond acceptors (Lipinski definition) is 10. The van der Waals surface area contributed by atoms with Gasteiger partial charge in [0.2, 0.25) is 5.60 Å². The maximum Gasteiger partial charge on any atom is 0.358 e. The number of carbonyl (C=O) groups excluding carboxylic acids is 2. The van der Waals surface area contributed by atoms with Crippen LogP contribution in [0.4, 0.5) is 11.4 Å². The number of benzene rings is 4. The Bertz CT molecular complexity index is 3090. The molecule has 12 heteroatoms. The van der Waals surface area contributed by atoms with Crippen molar-refractivity contribution in [2.24, 2.45) is 0 Å². The zero-order valence-electron chi connectivity index (χ0n) is 43.3. The van der Waals surface area contributed by atoms with Gasteiger partial charge in [-0.3, -0.25) is 4.98 Å². The molecule has 0 fully saturated rings. The van der Waals surface area contributed by atoms with Crippen LogP contribution in [0.1, 0.15) is 121 Å². The molecule has 0 spiro atoms. The minimum absolute atomic E-state index is 0.348. The molecule has 12 nitrogen and oxygen atoms in total. The first kappa shape index (κ1) is 49.4. The van der Waals surface area contributed by atoms with Gasteiger partial charge in [0.25, 0.3) is 0 Å². The van der Waals surface area contributed by atoms with Crippen LogP contribution in [0.3, 0.4) is 0 Å². The zero-order chi connectivity index (χ0) is 50.9. The van der Waals surface area contributed by atoms with Gasteiger partial charge in [0.15, 0.2) is 11.3 Å². The Labute approximate surface area is 423 Å². The standard InChI is InChI=1S/2C30H33N3O3/c1-6-32(7-2)21-16-17-23(26(19-21)35-9-4)30(24-14-12-18-31-28(24)29(34)36-30)27-20(5)33(8-3)25-15-11-10-13-22(25)27;1-6-32(7-2)21-16-17-24(26(19-21)35-9-4)30(28-23(29(34)36-30)14-12-18-31-28)27-20(5)33(8-3)25-15-11-10-13-22(25)27/h2*10-19H,6-9H2,1-5H3. The molecular weight excluding hydrogens is 901 g/mol. The maximum absolute atomic E-state index is 13.4. The lowest BCUT2D eigenvalue weighted by Crippen LogP contribution is -2.32. The van der Waals surface area contributed by atoms with E-state index in [-0.39, 0.29) is 5.97 Å². The molecule has 0 bridgehead atoms. The van der Waals surface area contributed by atoms with Crippen LogP contribution in [0.25, 0.3) is 21.8 Å². The normalized spacial score (nSPS) is 16.8. The third-order valence-electron chi connectivity index (χ3n) is 14.6. The van der Waals surface area contributed by atoms with Gasteiger partial charge in [0, 0.05) is 136 Å². The number of ether oxygens (including phenoxy) is 4. The van der Waals surface area contributed by atoms with E-state index in [9.17, 15) is 9.59 Å². The summed E-state index contributed by atoms with van der Waals surface area (Å²) in [7, 11) is 0. The summed E-state index contributed by atoms with van der Waals surface area (Å²) < 4.78 is 30.0. The number of fused-ring (bicyclic) bond motifs is 4. The van der Waals surface area contributed by atoms with Crippen molar-refractivity contribution in [3.63, 3.8) is 0 Å². The molecule has 0 aliphatic carbocycles.